The number of carbonyl (C=O) groups excluding carboxylic acids is 2. The van der Waals surface area contributed by atoms with Crippen molar-refractivity contribution in [2.45, 2.75) is 25.8 Å². The zero-order chi connectivity index (χ0) is 20.4. The van der Waals surface area contributed by atoms with E-state index in [0.29, 0.717) is 30.1 Å². The quantitative estimate of drug-likeness (QED) is 0.663. The first-order valence-corrected chi connectivity index (χ1v) is 9.36. The highest BCUT2D eigenvalue weighted by Gasteiger charge is 2.33. The summed E-state index contributed by atoms with van der Waals surface area (Å²) in [7, 11) is 0. The Morgan fingerprint density at radius 3 is 2.93 bits per heavy atom. The molecular weight excluding hydrogens is 372 g/mol. The predicted octanol–water partition coefficient (Wildman–Crippen LogP) is 2.47. The smallest absolute Gasteiger partial charge is 0.255 e. The average Bonchev–Trinajstić information content (AvgIpc) is 3.35. The normalized spacial score (nSPS) is 16.6. The first-order valence-electron chi connectivity index (χ1n) is 9.36. The molecule has 8 heteroatoms. The summed E-state index contributed by atoms with van der Waals surface area (Å²) in [5, 5.41) is 7.30. The minimum atomic E-state index is -0.584. The largest absolute Gasteiger partial charge is 0.360 e. The minimum Gasteiger partial charge on any atom is -0.360 e. The number of aromatic nitrogens is 2. The van der Waals surface area contributed by atoms with Gasteiger partial charge in [0, 0.05) is 29.8 Å². The Bertz CT molecular complexity index is 1160. The molecule has 3 heterocycles. The standard InChI is InChI=1S/C21H20N4O4/c1-13-11-18(24-29-13)23-21(28)17-7-4-10-25(17)19(26)9-8-15-12-14-5-2-3-6-16(14)22-20(15)27/h2-3,5-6,8-9,11-12,17H,4,7,10H2,1H3,(H,22,27)(H,23,24,28)/b9-8+. The zero-order valence-electron chi connectivity index (χ0n) is 15.8. The number of nitrogens with zero attached hydrogens (tertiary/aromatic N) is 2. The molecule has 1 fully saturated rings. The van der Waals surface area contributed by atoms with Crippen molar-refractivity contribution in [3.8, 4) is 0 Å². The van der Waals surface area contributed by atoms with Gasteiger partial charge in [-0.05, 0) is 43.4 Å². The van der Waals surface area contributed by atoms with E-state index in [1.54, 1.807) is 19.1 Å². The molecule has 4 rings (SSSR count). The number of aromatic amines is 1. The van der Waals surface area contributed by atoms with Crippen molar-refractivity contribution in [1.29, 1.82) is 0 Å². The van der Waals surface area contributed by atoms with Gasteiger partial charge in [-0.15, -0.1) is 0 Å². The molecule has 2 N–H and O–H groups in total. The maximum atomic E-state index is 12.7. The van der Waals surface area contributed by atoms with Crippen molar-refractivity contribution in [3.05, 3.63) is 64.2 Å². The molecule has 148 valence electrons. The molecule has 29 heavy (non-hydrogen) atoms. The number of anilines is 1. The van der Waals surface area contributed by atoms with Gasteiger partial charge in [0.05, 0.1) is 0 Å². The number of H-pyrrole nitrogens is 1. The van der Waals surface area contributed by atoms with E-state index in [9.17, 15) is 14.4 Å². The van der Waals surface area contributed by atoms with E-state index in [1.807, 2.05) is 24.3 Å². The molecule has 1 aromatic carbocycles. The molecule has 1 atom stereocenters. The van der Waals surface area contributed by atoms with Crippen molar-refractivity contribution in [1.82, 2.24) is 15.0 Å². The molecule has 2 aromatic heterocycles. The van der Waals surface area contributed by atoms with Crippen molar-refractivity contribution in [3.63, 3.8) is 0 Å². The van der Waals surface area contributed by atoms with Crippen LogP contribution in [0.15, 0.2) is 51.8 Å². The SMILES string of the molecule is Cc1cc(NC(=O)C2CCCN2C(=O)/C=C/c2cc3ccccc3[nH]c2=O)no1. The van der Waals surface area contributed by atoms with Gasteiger partial charge in [-0.3, -0.25) is 14.4 Å². The van der Waals surface area contributed by atoms with Crippen LogP contribution in [0.2, 0.25) is 0 Å². The number of para-hydroxylation sites is 1. The molecule has 1 aliphatic heterocycles. The highest BCUT2D eigenvalue weighted by molar-refractivity contribution is 6.00. The summed E-state index contributed by atoms with van der Waals surface area (Å²) in [6.07, 6.45) is 4.12. The third kappa shape index (κ3) is 3.96. The Balaban J connectivity index is 1.49. The van der Waals surface area contributed by atoms with Gasteiger partial charge in [-0.1, -0.05) is 23.4 Å². The summed E-state index contributed by atoms with van der Waals surface area (Å²) in [6.45, 7) is 2.21. The van der Waals surface area contributed by atoms with E-state index in [-0.39, 0.29) is 17.4 Å². The second-order valence-electron chi connectivity index (χ2n) is 6.98. The summed E-state index contributed by atoms with van der Waals surface area (Å²) in [5.41, 5.74) is 0.848. The lowest BCUT2D eigenvalue weighted by Crippen LogP contribution is -2.42. The maximum Gasteiger partial charge on any atom is 0.255 e. The molecule has 1 unspecified atom stereocenters. The van der Waals surface area contributed by atoms with Crippen LogP contribution in [-0.2, 0) is 9.59 Å². The van der Waals surface area contributed by atoms with Gasteiger partial charge >= 0.3 is 0 Å². The second-order valence-corrected chi connectivity index (χ2v) is 6.98. The predicted molar refractivity (Wildman–Crippen MR) is 108 cm³/mol. The van der Waals surface area contributed by atoms with Gasteiger partial charge in [0.2, 0.25) is 11.8 Å². The van der Waals surface area contributed by atoms with Crippen LogP contribution < -0.4 is 10.9 Å². The summed E-state index contributed by atoms with van der Waals surface area (Å²) >= 11 is 0. The van der Waals surface area contributed by atoms with Gasteiger partial charge in [0.15, 0.2) is 5.82 Å². The summed E-state index contributed by atoms with van der Waals surface area (Å²) in [5.74, 6) is 0.292. The number of aryl methyl sites for hydroxylation is 1. The van der Waals surface area contributed by atoms with Gasteiger partial charge in [-0.25, -0.2) is 0 Å². The van der Waals surface area contributed by atoms with E-state index >= 15 is 0 Å². The summed E-state index contributed by atoms with van der Waals surface area (Å²) in [6, 6.07) is 10.2. The number of rotatable bonds is 4. The number of pyridine rings is 1. The van der Waals surface area contributed by atoms with Crippen LogP contribution in [-0.4, -0.2) is 39.4 Å². The van der Waals surface area contributed by atoms with Crippen LogP contribution in [0.5, 0.6) is 0 Å². The maximum absolute atomic E-state index is 12.7. The average molecular weight is 392 g/mol. The lowest BCUT2D eigenvalue weighted by molar-refractivity contribution is -0.132. The molecule has 0 saturated carbocycles. The zero-order valence-corrected chi connectivity index (χ0v) is 15.8. The molecule has 0 aliphatic carbocycles. The van der Waals surface area contributed by atoms with Gasteiger partial charge in [0.1, 0.15) is 11.8 Å². The van der Waals surface area contributed by atoms with Crippen LogP contribution in [0.1, 0.15) is 24.2 Å². The third-order valence-corrected chi connectivity index (χ3v) is 4.91. The number of carbonyl (C=O) groups is 2. The van der Waals surface area contributed by atoms with E-state index < -0.39 is 6.04 Å². The highest BCUT2D eigenvalue weighted by Crippen LogP contribution is 2.20. The second kappa shape index (κ2) is 7.75. The van der Waals surface area contributed by atoms with E-state index in [0.717, 1.165) is 17.3 Å². The first-order chi connectivity index (χ1) is 14.0. The Hall–Kier alpha value is -3.68. The van der Waals surface area contributed by atoms with Crippen molar-refractivity contribution in [2.24, 2.45) is 0 Å². The molecular formula is C21H20N4O4. The number of hydrogen-bond acceptors (Lipinski definition) is 5. The number of likely N-dealkylation sites (tertiary alicyclic amines) is 1. The molecule has 1 aliphatic rings. The lowest BCUT2D eigenvalue weighted by atomic mass is 10.1. The van der Waals surface area contributed by atoms with Crippen LogP contribution >= 0.6 is 0 Å². The van der Waals surface area contributed by atoms with E-state index in [2.05, 4.69) is 15.5 Å². The van der Waals surface area contributed by atoms with Crippen molar-refractivity contribution < 1.29 is 14.1 Å². The molecule has 0 bridgehead atoms. The summed E-state index contributed by atoms with van der Waals surface area (Å²) < 4.78 is 4.94. The van der Waals surface area contributed by atoms with Crippen LogP contribution in [0, 0.1) is 6.92 Å². The Kier molecular flexibility index (Phi) is 4.99. The Morgan fingerprint density at radius 1 is 1.31 bits per heavy atom. The molecule has 0 spiro atoms. The molecule has 1 saturated heterocycles. The highest BCUT2D eigenvalue weighted by atomic mass is 16.5. The number of fused-ring (bicyclic) bond motifs is 1. The van der Waals surface area contributed by atoms with E-state index in [4.69, 9.17) is 4.52 Å². The lowest BCUT2D eigenvalue weighted by Gasteiger charge is -2.22. The van der Waals surface area contributed by atoms with Gasteiger partial charge < -0.3 is 19.7 Å². The van der Waals surface area contributed by atoms with Crippen LogP contribution in [0.25, 0.3) is 17.0 Å². The molecule has 8 nitrogen and oxygen atoms in total. The molecule has 2 amide bonds. The summed E-state index contributed by atoms with van der Waals surface area (Å²) in [4.78, 5) is 41.8. The fraction of sp³-hybridized carbons (Fsp3) is 0.238. The topological polar surface area (TPSA) is 108 Å². The minimum absolute atomic E-state index is 0.273. The number of benzene rings is 1. The number of nitrogens with one attached hydrogen (secondary N) is 2. The number of hydrogen-bond donors (Lipinski definition) is 2. The van der Waals surface area contributed by atoms with Crippen molar-refractivity contribution >= 4 is 34.6 Å². The van der Waals surface area contributed by atoms with Crippen LogP contribution in [0.4, 0.5) is 5.82 Å². The Morgan fingerprint density at radius 2 is 2.14 bits per heavy atom. The third-order valence-electron chi connectivity index (χ3n) is 4.91. The van der Waals surface area contributed by atoms with Crippen molar-refractivity contribution in [2.75, 3.05) is 11.9 Å². The van der Waals surface area contributed by atoms with E-state index in [1.165, 1.54) is 17.1 Å². The fourth-order valence-electron chi connectivity index (χ4n) is 3.48. The van der Waals surface area contributed by atoms with Gasteiger partial charge in [0.25, 0.3) is 5.56 Å². The molecule has 3 aromatic rings. The molecule has 0 radical (unpaired) electrons. The first kappa shape index (κ1) is 18.7. The van der Waals surface area contributed by atoms with Crippen LogP contribution in [0.3, 0.4) is 0 Å². The number of amides is 2. The van der Waals surface area contributed by atoms with Gasteiger partial charge in [-0.2, -0.15) is 0 Å². The monoisotopic (exact) mass is 392 g/mol. The fourth-order valence-corrected chi connectivity index (χ4v) is 3.48. The Labute approximate surface area is 166 Å².